The first kappa shape index (κ1) is 13.8. The molecule has 0 heterocycles. The zero-order valence-electron chi connectivity index (χ0n) is 10.5. The Labute approximate surface area is 122 Å². The van der Waals surface area contributed by atoms with E-state index in [1.165, 1.54) is 12.8 Å². The number of hydrogen-bond donors (Lipinski definition) is 1. The molecule has 0 atom stereocenters. The van der Waals surface area contributed by atoms with Crippen molar-refractivity contribution in [3.63, 3.8) is 0 Å². The van der Waals surface area contributed by atoms with Gasteiger partial charge >= 0.3 is 0 Å². The van der Waals surface area contributed by atoms with Gasteiger partial charge in [0.25, 0.3) is 0 Å². The topological polar surface area (TPSA) is 35.2 Å². The van der Waals surface area contributed by atoms with Gasteiger partial charge in [-0.25, -0.2) is 0 Å². The highest BCUT2D eigenvalue weighted by atomic mass is 79.9. The fourth-order valence-electron chi connectivity index (χ4n) is 2.32. The summed E-state index contributed by atoms with van der Waals surface area (Å²) in [5, 5.41) is 0. The highest BCUT2D eigenvalue weighted by molar-refractivity contribution is 9.10. The molecule has 2 nitrogen and oxygen atoms in total. The lowest BCUT2D eigenvalue weighted by Crippen LogP contribution is -2.24. The molecule has 1 fully saturated rings. The molecule has 18 heavy (non-hydrogen) atoms. The minimum Gasteiger partial charge on any atom is -0.490 e. The summed E-state index contributed by atoms with van der Waals surface area (Å²) in [4.78, 5) is 0.390. The smallest absolute Gasteiger partial charge is 0.131 e. The molecular formula is C14H18BrNOS. The Hall–Kier alpha value is -0.610. The lowest BCUT2D eigenvalue weighted by atomic mass is 9.89. The van der Waals surface area contributed by atoms with Crippen molar-refractivity contribution in [3.05, 3.63) is 28.2 Å². The van der Waals surface area contributed by atoms with E-state index in [9.17, 15) is 0 Å². The van der Waals surface area contributed by atoms with Crippen LogP contribution in [0.1, 0.15) is 38.2 Å². The zero-order chi connectivity index (χ0) is 13.1. The van der Waals surface area contributed by atoms with E-state index in [2.05, 4.69) is 22.9 Å². The van der Waals surface area contributed by atoms with Crippen molar-refractivity contribution in [2.75, 3.05) is 0 Å². The number of benzene rings is 1. The van der Waals surface area contributed by atoms with E-state index in [-0.39, 0.29) is 0 Å². The molecule has 2 rings (SSSR count). The summed E-state index contributed by atoms with van der Waals surface area (Å²) in [6.45, 7) is 2.30. The Morgan fingerprint density at radius 1 is 1.33 bits per heavy atom. The average molecular weight is 328 g/mol. The summed E-state index contributed by atoms with van der Waals surface area (Å²) in [5.41, 5.74) is 6.55. The number of rotatable bonds is 3. The fraction of sp³-hybridized carbons (Fsp3) is 0.500. The maximum Gasteiger partial charge on any atom is 0.131 e. The first-order chi connectivity index (χ1) is 8.56. The number of hydrogen-bond acceptors (Lipinski definition) is 2. The summed E-state index contributed by atoms with van der Waals surface area (Å²) in [5.74, 6) is 1.62. The number of ether oxygens (including phenoxy) is 1. The van der Waals surface area contributed by atoms with Gasteiger partial charge in [-0.05, 0) is 49.8 Å². The predicted molar refractivity (Wildman–Crippen MR) is 82.1 cm³/mol. The highest BCUT2D eigenvalue weighted by Crippen LogP contribution is 2.30. The molecule has 1 aromatic rings. The van der Waals surface area contributed by atoms with Crippen molar-refractivity contribution < 1.29 is 4.74 Å². The van der Waals surface area contributed by atoms with E-state index in [0.717, 1.165) is 34.5 Å². The van der Waals surface area contributed by atoms with Gasteiger partial charge < -0.3 is 10.5 Å². The molecule has 1 aliphatic rings. The van der Waals surface area contributed by atoms with Crippen molar-refractivity contribution in [1.82, 2.24) is 0 Å². The van der Waals surface area contributed by atoms with Crippen LogP contribution < -0.4 is 10.5 Å². The molecule has 0 saturated heterocycles. The second kappa shape index (κ2) is 6.02. The van der Waals surface area contributed by atoms with Gasteiger partial charge in [-0.1, -0.05) is 35.1 Å². The Morgan fingerprint density at radius 2 is 2.00 bits per heavy atom. The Bertz CT molecular complexity index is 441. The standard InChI is InChI=1S/C14H18BrNOS/c1-9-2-5-11(6-3-9)17-13-8-10(15)4-7-12(13)14(16)18/h4,7-9,11H,2-3,5-6H2,1H3,(H2,16,18). The van der Waals surface area contributed by atoms with Crippen molar-refractivity contribution in [1.29, 1.82) is 0 Å². The van der Waals surface area contributed by atoms with Gasteiger partial charge in [-0.15, -0.1) is 0 Å². The summed E-state index contributed by atoms with van der Waals surface area (Å²) in [6.07, 6.45) is 5.00. The van der Waals surface area contributed by atoms with Crippen LogP contribution in [0.4, 0.5) is 0 Å². The van der Waals surface area contributed by atoms with Crippen LogP contribution in [0.15, 0.2) is 22.7 Å². The largest absolute Gasteiger partial charge is 0.490 e. The fourth-order valence-corrected chi connectivity index (χ4v) is 2.83. The Morgan fingerprint density at radius 3 is 2.61 bits per heavy atom. The quantitative estimate of drug-likeness (QED) is 0.851. The number of halogens is 1. The van der Waals surface area contributed by atoms with Crippen molar-refractivity contribution in [2.45, 2.75) is 38.7 Å². The summed E-state index contributed by atoms with van der Waals surface area (Å²) in [6, 6.07) is 5.80. The molecule has 1 aromatic carbocycles. The molecule has 0 spiro atoms. The van der Waals surface area contributed by atoms with Crippen LogP contribution in [0, 0.1) is 5.92 Å². The molecule has 0 bridgehead atoms. The molecular weight excluding hydrogens is 310 g/mol. The third-order valence-corrected chi connectivity index (χ3v) is 4.18. The van der Waals surface area contributed by atoms with Crippen LogP contribution in [0.5, 0.6) is 5.75 Å². The average Bonchev–Trinajstić information content (AvgIpc) is 2.32. The molecule has 0 aromatic heterocycles. The molecule has 4 heteroatoms. The minimum absolute atomic E-state index is 0.295. The molecule has 1 saturated carbocycles. The van der Waals surface area contributed by atoms with Crippen LogP contribution in [0.3, 0.4) is 0 Å². The van der Waals surface area contributed by atoms with Gasteiger partial charge in [0.2, 0.25) is 0 Å². The maximum absolute atomic E-state index is 6.08. The van der Waals surface area contributed by atoms with E-state index < -0.39 is 0 Å². The van der Waals surface area contributed by atoms with Gasteiger partial charge in [0, 0.05) is 4.47 Å². The van der Waals surface area contributed by atoms with Gasteiger partial charge in [-0.2, -0.15) is 0 Å². The number of thiocarbonyl (C=S) groups is 1. The minimum atomic E-state index is 0.295. The van der Waals surface area contributed by atoms with Crippen LogP contribution in [0.2, 0.25) is 0 Å². The molecule has 0 unspecified atom stereocenters. The molecule has 1 aliphatic carbocycles. The monoisotopic (exact) mass is 327 g/mol. The van der Waals surface area contributed by atoms with Gasteiger partial charge in [0.05, 0.1) is 11.7 Å². The third-order valence-electron chi connectivity index (χ3n) is 3.47. The maximum atomic E-state index is 6.08. The van der Waals surface area contributed by atoms with Crippen LogP contribution in [-0.4, -0.2) is 11.1 Å². The van der Waals surface area contributed by atoms with Gasteiger partial charge in [-0.3, -0.25) is 0 Å². The lowest BCUT2D eigenvalue weighted by Gasteiger charge is -2.27. The van der Waals surface area contributed by atoms with Crippen LogP contribution in [0.25, 0.3) is 0 Å². The van der Waals surface area contributed by atoms with Crippen molar-refractivity contribution >= 4 is 33.1 Å². The SMILES string of the molecule is CC1CCC(Oc2cc(Br)ccc2C(N)=S)CC1. The highest BCUT2D eigenvalue weighted by Gasteiger charge is 2.20. The van der Waals surface area contributed by atoms with Gasteiger partial charge in [0.1, 0.15) is 10.7 Å². The summed E-state index contributed by atoms with van der Waals surface area (Å²) in [7, 11) is 0. The summed E-state index contributed by atoms with van der Waals surface area (Å²) >= 11 is 8.52. The van der Waals surface area contributed by atoms with E-state index in [1.807, 2.05) is 18.2 Å². The molecule has 98 valence electrons. The first-order valence-corrected chi connectivity index (χ1v) is 7.52. The second-order valence-corrected chi connectivity index (χ2v) is 6.36. The van der Waals surface area contributed by atoms with E-state index in [4.69, 9.17) is 22.7 Å². The van der Waals surface area contributed by atoms with E-state index in [1.54, 1.807) is 0 Å². The predicted octanol–water partition coefficient (Wildman–Crippen LogP) is 4.04. The molecule has 0 radical (unpaired) electrons. The number of nitrogens with two attached hydrogens (primary N) is 1. The van der Waals surface area contributed by atoms with Crippen LogP contribution in [-0.2, 0) is 0 Å². The van der Waals surface area contributed by atoms with Crippen molar-refractivity contribution in [2.24, 2.45) is 11.7 Å². The zero-order valence-corrected chi connectivity index (χ0v) is 12.9. The second-order valence-electron chi connectivity index (χ2n) is 5.00. The van der Waals surface area contributed by atoms with Crippen LogP contribution >= 0.6 is 28.1 Å². The molecule has 2 N–H and O–H groups in total. The third kappa shape index (κ3) is 3.45. The van der Waals surface area contributed by atoms with E-state index >= 15 is 0 Å². The Kier molecular flexibility index (Phi) is 4.62. The van der Waals surface area contributed by atoms with E-state index in [0.29, 0.717) is 11.1 Å². The van der Waals surface area contributed by atoms with Gasteiger partial charge in [0.15, 0.2) is 0 Å². The van der Waals surface area contributed by atoms with Crippen molar-refractivity contribution in [3.8, 4) is 5.75 Å². The first-order valence-electron chi connectivity index (χ1n) is 6.32. The molecule has 0 aliphatic heterocycles. The lowest BCUT2D eigenvalue weighted by molar-refractivity contribution is 0.135. The normalized spacial score (nSPS) is 23.7. The molecule has 0 amide bonds. The Balaban J connectivity index is 2.12. The summed E-state index contributed by atoms with van der Waals surface area (Å²) < 4.78 is 7.07.